The molecule has 0 aliphatic carbocycles. The average Bonchev–Trinajstić information content (AvgIpc) is 1.83. The number of allylic oxidation sites excluding steroid dienone is 1. The second kappa shape index (κ2) is 4.75. The maximum Gasteiger partial charge on any atom is 0.0922 e. The number of hydrogen-bond acceptors (Lipinski definition) is 0. The Morgan fingerprint density at radius 3 is 2.62 bits per heavy atom. The Morgan fingerprint density at radius 2 is 2.25 bits per heavy atom. The highest BCUT2D eigenvalue weighted by atomic mass is 19.1. The van der Waals surface area contributed by atoms with Crippen LogP contribution in [0, 0.1) is 5.92 Å². The van der Waals surface area contributed by atoms with Crippen molar-refractivity contribution in [1.82, 2.24) is 0 Å². The van der Waals surface area contributed by atoms with Crippen LogP contribution in [0.15, 0.2) is 12.4 Å². The lowest BCUT2D eigenvalue weighted by Gasteiger charge is -1.97. The van der Waals surface area contributed by atoms with Gasteiger partial charge in [-0.1, -0.05) is 13.0 Å². The van der Waals surface area contributed by atoms with E-state index in [9.17, 15) is 8.78 Å². The minimum Gasteiger partial charge on any atom is -0.251 e. The molecule has 0 heterocycles. The van der Waals surface area contributed by atoms with Crippen molar-refractivity contribution in [1.29, 1.82) is 0 Å². The first-order valence-corrected chi connectivity index (χ1v) is 2.62. The van der Waals surface area contributed by atoms with Crippen LogP contribution >= 0.6 is 0 Å². The largest absolute Gasteiger partial charge is 0.251 e. The van der Waals surface area contributed by atoms with Crippen molar-refractivity contribution in [2.75, 3.05) is 6.67 Å². The lowest BCUT2D eigenvalue weighted by molar-refractivity contribution is 0.384. The maximum atomic E-state index is 11.6. The van der Waals surface area contributed by atoms with Gasteiger partial charge < -0.3 is 0 Å². The van der Waals surface area contributed by atoms with Crippen LogP contribution in [0.5, 0.6) is 0 Å². The van der Waals surface area contributed by atoms with E-state index in [4.69, 9.17) is 0 Å². The second-order valence-electron chi connectivity index (χ2n) is 1.86. The number of halogens is 2. The normalized spacial score (nSPS) is 14.9. The smallest absolute Gasteiger partial charge is 0.0922 e. The van der Waals surface area contributed by atoms with E-state index in [1.807, 2.05) is 0 Å². The maximum absolute atomic E-state index is 11.6. The Hall–Kier alpha value is -0.400. The molecule has 0 fully saturated rings. The van der Waals surface area contributed by atoms with Crippen molar-refractivity contribution in [2.45, 2.75) is 13.3 Å². The Balaban J connectivity index is 3.10. The van der Waals surface area contributed by atoms with E-state index in [0.717, 1.165) is 0 Å². The van der Waals surface area contributed by atoms with E-state index in [-0.39, 0.29) is 12.6 Å². The summed E-state index contributed by atoms with van der Waals surface area (Å²) in [7, 11) is 0. The molecule has 0 aromatic carbocycles. The number of hydrogen-bond donors (Lipinski definition) is 0. The van der Waals surface area contributed by atoms with Crippen molar-refractivity contribution in [2.24, 2.45) is 5.92 Å². The van der Waals surface area contributed by atoms with Gasteiger partial charge in [-0.05, 0) is 12.3 Å². The zero-order chi connectivity index (χ0) is 6.41. The molecule has 0 bridgehead atoms. The fraction of sp³-hybridized carbons (Fsp3) is 0.667. The molecule has 0 unspecified atom stereocenters. The van der Waals surface area contributed by atoms with Crippen molar-refractivity contribution in [3.8, 4) is 0 Å². The van der Waals surface area contributed by atoms with Gasteiger partial charge in [-0.15, -0.1) is 0 Å². The summed E-state index contributed by atoms with van der Waals surface area (Å²) in [6.45, 7) is 1.37. The van der Waals surface area contributed by atoms with Crippen molar-refractivity contribution in [3.63, 3.8) is 0 Å². The van der Waals surface area contributed by atoms with E-state index in [2.05, 4.69) is 0 Å². The summed E-state index contributed by atoms with van der Waals surface area (Å²) >= 11 is 0. The summed E-state index contributed by atoms with van der Waals surface area (Å²) < 4.78 is 22.7. The Morgan fingerprint density at radius 1 is 1.62 bits per heavy atom. The molecule has 0 N–H and O–H groups in total. The summed E-state index contributed by atoms with van der Waals surface area (Å²) in [5, 5.41) is 0. The van der Waals surface area contributed by atoms with Gasteiger partial charge in [-0.3, -0.25) is 4.39 Å². The van der Waals surface area contributed by atoms with Crippen molar-refractivity contribution in [3.05, 3.63) is 12.4 Å². The quantitative estimate of drug-likeness (QED) is 0.536. The molecule has 2 heteroatoms. The van der Waals surface area contributed by atoms with Crippen LogP contribution in [0.1, 0.15) is 13.3 Å². The molecule has 0 saturated heterocycles. The van der Waals surface area contributed by atoms with Crippen LogP contribution in [0.25, 0.3) is 0 Å². The van der Waals surface area contributed by atoms with E-state index in [1.165, 1.54) is 6.08 Å². The zero-order valence-corrected chi connectivity index (χ0v) is 4.90. The SMILES string of the molecule is C[C@H](CF)C/C=C\F. The van der Waals surface area contributed by atoms with Gasteiger partial charge in [-0.2, -0.15) is 0 Å². The van der Waals surface area contributed by atoms with Gasteiger partial charge in [0.25, 0.3) is 0 Å². The first-order chi connectivity index (χ1) is 3.81. The van der Waals surface area contributed by atoms with E-state index in [1.54, 1.807) is 6.92 Å². The fourth-order valence-corrected chi connectivity index (χ4v) is 0.347. The van der Waals surface area contributed by atoms with Crippen LogP contribution in [-0.4, -0.2) is 6.67 Å². The third-order valence-electron chi connectivity index (χ3n) is 0.891. The van der Waals surface area contributed by atoms with Crippen LogP contribution in [-0.2, 0) is 0 Å². The highest BCUT2D eigenvalue weighted by Crippen LogP contribution is 2.02. The summed E-state index contributed by atoms with van der Waals surface area (Å²) in [5.41, 5.74) is 0. The lowest BCUT2D eigenvalue weighted by atomic mass is 10.1. The summed E-state index contributed by atoms with van der Waals surface area (Å²) in [6.07, 6.45) is 2.27. The molecule has 1 atom stereocenters. The minimum absolute atomic E-state index is 0.0398. The van der Waals surface area contributed by atoms with Crippen LogP contribution < -0.4 is 0 Å². The third kappa shape index (κ3) is 3.78. The molecule has 48 valence electrons. The summed E-state index contributed by atoms with van der Waals surface area (Å²) in [4.78, 5) is 0. The standard InChI is InChI=1S/C6H10F2/c1-6(5-8)3-2-4-7/h2,4,6H,3,5H2,1H3/b4-2-/t6-/m0/s1. The van der Waals surface area contributed by atoms with Crippen LogP contribution in [0.4, 0.5) is 8.78 Å². The zero-order valence-electron chi connectivity index (χ0n) is 4.90. The van der Waals surface area contributed by atoms with E-state index >= 15 is 0 Å². The predicted octanol–water partition coefficient (Wildman–Crippen LogP) is 2.47. The molecule has 0 aliphatic rings. The lowest BCUT2D eigenvalue weighted by Crippen LogP contribution is -1.92. The molecule has 0 aromatic heterocycles. The Bertz CT molecular complexity index is 68.9. The first-order valence-electron chi connectivity index (χ1n) is 2.62. The minimum atomic E-state index is -0.371. The topological polar surface area (TPSA) is 0 Å². The molecule has 0 spiro atoms. The van der Waals surface area contributed by atoms with Gasteiger partial charge in [-0.25, -0.2) is 4.39 Å². The second-order valence-corrected chi connectivity index (χ2v) is 1.86. The first kappa shape index (κ1) is 7.60. The molecule has 0 rings (SSSR count). The highest BCUT2D eigenvalue weighted by molar-refractivity contribution is 4.74. The van der Waals surface area contributed by atoms with Gasteiger partial charge in [0, 0.05) is 0 Å². The van der Waals surface area contributed by atoms with Gasteiger partial charge in [0.15, 0.2) is 0 Å². The number of alkyl halides is 1. The summed E-state index contributed by atoms with van der Waals surface area (Å²) in [5.74, 6) is -0.0398. The molecule has 0 amide bonds. The highest BCUT2D eigenvalue weighted by Gasteiger charge is 1.94. The molecule has 0 radical (unpaired) electrons. The van der Waals surface area contributed by atoms with Gasteiger partial charge >= 0.3 is 0 Å². The van der Waals surface area contributed by atoms with Crippen LogP contribution in [0.2, 0.25) is 0 Å². The summed E-state index contributed by atoms with van der Waals surface area (Å²) in [6, 6.07) is 0. The molecule has 0 saturated carbocycles. The molecular weight excluding hydrogens is 110 g/mol. The molecule has 0 aliphatic heterocycles. The molecule has 0 aromatic rings. The molecular formula is C6H10F2. The molecule has 0 nitrogen and oxygen atoms in total. The number of rotatable bonds is 3. The predicted molar refractivity (Wildman–Crippen MR) is 30.0 cm³/mol. The van der Waals surface area contributed by atoms with Crippen LogP contribution in [0.3, 0.4) is 0 Å². The third-order valence-corrected chi connectivity index (χ3v) is 0.891. The van der Waals surface area contributed by atoms with E-state index < -0.39 is 0 Å². The van der Waals surface area contributed by atoms with Gasteiger partial charge in [0.1, 0.15) is 0 Å². The Labute approximate surface area is 48.2 Å². The Kier molecular flexibility index (Phi) is 4.51. The van der Waals surface area contributed by atoms with Crippen molar-refractivity contribution >= 4 is 0 Å². The fourth-order valence-electron chi connectivity index (χ4n) is 0.347. The van der Waals surface area contributed by atoms with Crippen molar-refractivity contribution < 1.29 is 8.78 Å². The van der Waals surface area contributed by atoms with Gasteiger partial charge in [0.2, 0.25) is 0 Å². The monoisotopic (exact) mass is 120 g/mol. The average molecular weight is 120 g/mol. The van der Waals surface area contributed by atoms with Gasteiger partial charge in [0.05, 0.1) is 13.0 Å². The van der Waals surface area contributed by atoms with E-state index in [0.29, 0.717) is 12.8 Å². The molecule has 8 heavy (non-hydrogen) atoms.